The number of rotatable bonds is 3. The van der Waals surface area contributed by atoms with E-state index < -0.39 is 0 Å². The van der Waals surface area contributed by atoms with Gasteiger partial charge < -0.3 is 15.0 Å². The van der Waals surface area contributed by atoms with E-state index >= 15 is 0 Å². The Morgan fingerprint density at radius 3 is 2.91 bits per heavy atom. The molecule has 1 aromatic heterocycles. The number of para-hydroxylation sites is 1. The maximum absolute atomic E-state index is 5.84. The van der Waals surface area contributed by atoms with Gasteiger partial charge in [0.1, 0.15) is 5.75 Å². The third-order valence-electron chi connectivity index (χ3n) is 4.64. The van der Waals surface area contributed by atoms with Crippen molar-refractivity contribution in [3.8, 4) is 5.75 Å². The Hall–Kier alpha value is -2.26. The van der Waals surface area contributed by atoms with Gasteiger partial charge in [0.2, 0.25) is 0 Å². The monoisotopic (exact) mass is 306 g/mol. The molecule has 4 rings (SSSR count). The second kappa shape index (κ2) is 5.74. The Balaban J connectivity index is 1.87. The van der Waals surface area contributed by atoms with Crippen molar-refractivity contribution in [2.45, 2.75) is 26.3 Å². The van der Waals surface area contributed by atoms with E-state index in [1.165, 1.54) is 33.3 Å². The fourth-order valence-corrected chi connectivity index (χ4v) is 3.61. The SMILES string of the molecule is CCOc1ccccc1C1NCCc2c1[nH]c1ccc(C)cc21. The zero-order valence-corrected chi connectivity index (χ0v) is 13.6. The molecule has 0 fully saturated rings. The van der Waals surface area contributed by atoms with Gasteiger partial charge in [0.05, 0.1) is 12.6 Å². The number of aryl methyl sites for hydroxylation is 1. The van der Waals surface area contributed by atoms with Crippen molar-refractivity contribution in [3.63, 3.8) is 0 Å². The second-order valence-corrected chi connectivity index (χ2v) is 6.17. The predicted molar refractivity (Wildman–Crippen MR) is 94.2 cm³/mol. The van der Waals surface area contributed by atoms with E-state index in [4.69, 9.17) is 4.74 Å². The summed E-state index contributed by atoms with van der Waals surface area (Å²) < 4.78 is 5.84. The molecule has 3 aromatic rings. The van der Waals surface area contributed by atoms with Crippen molar-refractivity contribution in [3.05, 3.63) is 64.8 Å². The predicted octanol–water partition coefficient (Wildman–Crippen LogP) is 4.11. The number of hydrogen-bond acceptors (Lipinski definition) is 2. The van der Waals surface area contributed by atoms with Crippen LogP contribution in [0.2, 0.25) is 0 Å². The summed E-state index contributed by atoms with van der Waals surface area (Å²) in [5, 5.41) is 5.02. The van der Waals surface area contributed by atoms with Crippen molar-refractivity contribution in [1.82, 2.24) is 10.3 Å². The number of ether oxygens (including phenoxy) is 1. The van der Waals surface area contributed by atoms with Crippen LogP contribution in [0.15, 0.2) is 42.5 Å². The summed E-state index contributed by atoms with van der Waals surface area (Å²) >= 11 is 0. The molecule has 118 valence electrons. The highest BCUT2D eigenvalue weighted by Crippen LogP contribution is 2.37. The minimum absolute atomic E-state index is 0.161. The van der Waals surface area contributed by atoms with E-state index in [1.54, 1.807) is 0 Å². The first-order valence-corrected chi connectivity index (χ1v) is 8.34. The number of aromatic amines is 1. The Kier molecular flexibility index (Phi) is 3.58. The Morgan fingerprint density at radius 1 is 1.17 bits per heavy atom. The van der Waals surface area contributed by atoms with E-state index in [1.807, 2.05) is 13.0 Å². The largest absolute Gasteiger partial charge is 0.494 e. The van der Waals surface area contributed by atoms with Gasteiger partial charge in [-0.25, -0.2) is 0 Å². The van der Waals surface area contributed by atoms with Gasteiger partial charge >= 0.3 is 0 Å². The van der Waals surface area contributed by atoms with Crippen LogP contribution in [-0.4, -0.2) is 18.1 Å². The molecule has 23 heavy (non-hydrogen) atoms. The van der Waals surface area contributed by atoms with Crippen LogP contribution in [0, 0.1) is 6.92 Å². The summed E-state index contributed by atoms with van der Waals surface area (Å²) in [5.74, 6) is 0.968. The molecular weight excluding hydrogens is 284 g/mol. The maximum Gasteiger partial charge on any atom is 0.124 e. The van der Waals surface area contributed by atoms with Gasteiger partial charge in [0.25, 0.3) is 0 Å². The molecule has 1 aliphatic rings. The molecule has 1 atom stereocenters. The lowest BCUT2D eigenvalue weighted by molar-refractivity contribution is 0.332. The van der Waals surface area contributed by atoms with Gasteiger partial charge in [-0.1, -0.05) is 29.8 Å². The summed E-state index contributed by atoms with van der Waals surface area (Å²) in [6.45, 7) is 5.85. The summed E-state index contributed by atoms with van der Waals surface area (Å²) in [5.41, 5.74) is 6.47. The van der Waals surface area contributed by atoms with Crippen LogP contribution in [0.4, 0.5) is 0 Å². The normalized spacial score (nSPS) is 17.2. The van der Waals surface area contributed by atoms with E-state index in [0.29, 0.717) is 6.61 Å². The molecular formula is C20H22N2O. The van der Waals surface area contributed by atoms with Crippen molar-refractivity contribution in [1.29, 1.82) is 0 Å². The first-order valence-electron chi connectivity index (χ1n) is 8.34. The Bertz CT molecular complexity index is 850. The molecule has 0 amide bonds. The molecule has 2 N–H and O–H groups in total. The van der Waals surface area contributed by atoms with Crippen LogP contribution < -0.4 is 10.1 Å². The number of fused-ring (bicyclic) bond motifs is 3. The smallest absolute Gasteiger partial charge is 0.124 e. The average molecular weight is 306 g/mol. The fraction of sp³-hybridized carbons (Fsp3) is 0.300. The topological polar surface area (TPSA) is 37.0 Å². The van der Waals surface area contributed by atoms with E-state index in [2.05, 4.69) is 53.6 Å². The van der Waals surface area contributed by atoms with Gasteiger partial charge in [0, 0.05) is 28.7 Å². The molecule has 2 heterocycles. The summed E-state index contributed by atoms with van der Waals surface area (Å²) in [4.78, 5) is 3.64. The standard InChI is InChI=1S/C20H22N2O/c1-3-23-18-7-5-4-6-15(18)19-20-14(10-11-21-19)16-12-13(2)8-9-17(16)22-20/h4-9,12,19,21-22H,3,10-11H2,1-2H3. The second-order valence-electron chi connectivity index (χ2n) is 6.17. The average Bonchev–Trinajstić information content (AvgIpc) is 2.94. The Labute approximate surface area is 136 Å². The highest BCUT2D eigenvalue weighted by atomic mass is 16.5. The summed E-state index contributed by atoms with van der Waals surface area (Å²) in [6.07, 6.45) is 1.06. The van der Waals surface area contributed by atoms with Crippen LogP contribution in [-0.2, 0) is 6.42 Å². The first-order chi connectivity index (χ1) is 11.3. The summed E-state index contributed by atoms with van der Waals surface area (Å²) in [6, 6.07) is 15.1. The molecule has 3 heteroatoms. The Morgan fingerprint density at radius 2 is 2.04 bits per heavy atom. The number of H-pyrrole nitrogens is 1. The lowest BCUT2D eigenvalue weighted by Gasteiger charge is -2.26. The minimum Gasteiger partial charge on any atom is -0.494 e. The fourth-order valence-electron chi connectivity index (χ4n) is 3.61. The minimum atomic E-state index is 0.161. The molecule has 1 unspecified atom stereocenters. The van der Waals surface area contributed by atoms with Crippen molar-refractivity contribution < 1.29 is 4.74 Å². The van der Waals surface area contributed by atoms with Crippen molar-refractivity contribution in [2.24, 2.45) is 0 Å². The highest BCUT2D eigenvalue weighted by molar-refractivity contribution is 5.86. The van der Waals surface area contributed by atoms with E-state index in [9.17, 15) is 0 Å². The zero-order valence-electron chi connectivity index (χ0n) is 13.6. The van der Waals surface area contributed by atoms with Gasteiger partial charge in [-0.05, 0) is 44.0 Å². The van der Waals surface area contributed by atoms with Gasteiger partial charge in [0.15, 0.2) is 0 Å². The van der Waals surface area contributed by atoms with Crippen LogP contribution in [0.1, 0.15) is 35.3 Å². The number of aromatic nitrogens is 1. The lowest BCUT2D eigenvalue weighted by Crippen LogP contribution is -2.30. The molecule has 1 aliphatic heterocycles. The zero-order chi connectivity index (χ0) is 15.8. The molecule has 0 saturated carbocycles. The third-order valence-corrected chi connectivity index (χ3v) is 4.64. The molecule has 0 bridgehead atoms. The quantitative estimate of drug-likeness (QED) is 0.764. The maximum atomic E-state index is 5.84. The molecule has 0 aliphatic carbocycles. The molecule has 2 aromatic carbocycles. The van der Waals surface area contributed by atoms with Crippen LogP contribution >= 0.6 is 0 Å². The third kappa shape index (κ3) is 2.41. The van der Waals surface area contributed by atoms with Gasteiger partial charge in [-0.15, -0.1) is 0 Å². The van der Waals surface area contributed by atoms with E-state index in [0.717, 1.165) is 18.7 Å². The number of nitrogens with one attached hydrogen (secondary N) is 2. The van der Waals surface area contributed by atoms with Crippen molar-refractivity contribution >= 4 is 10.9 Å². The number of hydrogen-bond donors (Lipinski definition) is 2. The van der Waals surface area contributed by atoms with Crippen LogP contribution in [0.5, 0.6) is 5.75 Å². The van der Waals surface area contributed by atoms with Crippen LogP contribution in [0.25, 0.3) is 10.9 Å². The molecule has 3 nitrogen and oxygen atoms in total. The molecule has 0 spiro atoms. The van der Waals surface area contributed by atoms with Gasteiger partial charge in [-0.2, -0.15) is 0 Å². The number of benzene rings is 2. The lowest BCUT2D eigenvalue weighted by atomic mass is 9.93. The van der Waals surface area contributed by atoms with Crippen LogP contribution in [0.3, 0.4) is 0 Å². The highest BCUT2D eigenvalue weighted by Gasteiger charge is 2.27. The van der Waals surface area contributed by atoms with E-state index in [-0.39, 0.29) is 6.04 Å². The van der Waals surface area contributed by atoms with Gasteiger partial charge in [-0.3, -0.25) is 0 Å². The molecule has 0 saturated heterocycles. The first kappa shape index (κ1) is 14.3. The summed E-state index contributed by atoms with van der Waals surface area (Å²) in [7, 11) is 0. The molecule has 0 radical (unpaired) electrons. The van der Waals surface area contributed by atoms with Crippen molar-refractivity contribution in [2.75, 3.05) is 13.2 Å².